The second-order valence-corrected chi connectivity index (χ2v) is 6.60. The summed E-state index contributed by atoms with van der Waals surface area (Å²) in [6.45, 7) is 7.29. The Balaban J connectivity index is 1.95. The van der Waals surface area contributed by atoms with Gasteiger partial charge >= 0.3 is 0 Å². The molecule has 22 heavy (non-hydrogen) atoms. The molecule has 0 spiro atoms. The Morgan fingerprint density at radius 3 is 3.05 bits per heavy atom. The first kappa shape index (κ1) is 15.2. The number of methoxy groups -OCH3 is 1. The molecule has 3 rings (SSSR count). The Labute approximate surface area is 131 Å². The minimum atomic E-state index is 0.380. The summed E-state index contributed by atoms with van der Waals surface area (Å²) in [5, 5.41) is 4.35. The van der Waals surface area contributed by atoms with E-state index < -0.39 is 0 Å². The van der Waals surface area contributed by atoms with E-state index in [-0.39, 0.29) is 0 Å². The van der Waals surface area contributed by atoms with Crippen LogP contribution in [0.5, 0.6) is 0 Å². The van der Waals surface area contributed by atoms with E-state index in [0.717, 1.165) is 24.6 Å². The molecule has 2 aromatic heterocycles. The molecule has 1 atom stereocenters. The third kappa shape index (κ3) is 2.92. The Kier molecular flexibility index (Phi) is 4.29. The predicted octanol–water partition coefficient (Wildman–Crippen LogP) is 2.68. The molecule has 0 aliphatic carbocycles. The van der Waals surface area contributed by atoms with Crippen LogP contribution in [0.25, 0.3) is 5.78 Å². The van der Waals surface area contributed by atoms with Crippen molar-refractivity contribution in [3.63, 3.8) is 0 Å². The number of hydrogen-bond donors (Lipinski definition) is 0. The van der Waals surface area contributed by atoms with E-state index >= 15 is 0 Å². The normalized spacial score (nSPS) is 22.4. The van der Waals surface area contributed by atoms with Gasteiger partial charge in [-0.3, -0.25) is 0 Å². The van der Waals surface area contributed by atoms with E-state index in [1.807, 2.05) is 4.52 Å². The van der Waals surface area contributed by atoms with Gasteiger partial charge in [-0.2, -0.15) is 14.6 Å². The van der Waals surface area contributed by atoms with E-state index in [9.17, 15) is 0 Å². The number of anilines is 1. The van der Waals surface area contributed by atoms with Crippen LogP contribution in [0.1, 0.15) is 45.2 Å². The van der Waals surface area contributed by atoms with E-state index in [2.05, 4.69) is 39.9 Å². The van der Waals surface area contributed by atoms with Crippen molar-refractivity contribution < 1.29 is 4.74 Å². The molecular weight excluding hydrogens is 278 g/mol. The number of rotatable bonds is 5. The molecule has 1 unspecified atom stereocenters. The van der Waals surface area contributed by atoms with Crippen LogP contribution in [0, 0.1) is 5.41 Å². The lowest BCUT2D eigenvalue weighted by molar-refractivity contribution is 0.181. The van der Waals surface area contributed by atoms with Crippen molar-refractivity contribution in [3.05, 3.63) is 18.1 Å². The van der Waals surface area contributed by atoms with E-state index in [1.165, 1.54) is 25.7 Å². The molecule has 2 aromatic rings. The molecule has 0 radical (unpaired) electrons. The smallest absolute Gasteiger partial charge is 0.254 e. The Bertz CT molecular complexity index is 636. The fraction of sp³-hybridized carbons (Fsp3) is 0.688. The lowest BCUT2D eigenvalue weighted by Gasteiger charge is -2.41. The second-order valence-electron chi connectivity index (χ2n) is 6.60. The highest BCUT2D eigenvalue weighted by atomic mass is 16.5. The van der Waals surface area contributed by atoms with Gasteiger partial charge in [0.05, 0.1) is 12.3 Å². The van der Waals surface area contributed by atoms with Crippen LogP contribution in [-0.2, 0) is 11.3 Å². The molecule has 0 aromatic carbocycles. The summed E-state index contributed by atoms with van der Waals surface area (Å²) in [6.07, 6.45) is 6.58. The van der Waals surface area contributed by atoms with Gasteiger partial charge in [0.15, 0.2) is 0 Å². The van der Waals surface area contributed by atoms with Crippen LogP contribution in [0.2, 0.25) is 0 Å². The van der Waals surface area contributed by atoms with E-state index in [0.29, 0.717) is 17.8 Å². The van der Waals surface area contributed by atoms with Crippen molar-refractivity contribution in [2.45, 2.75) is 46.1 Å². The number of hydrogen-bond acceptors (Lipinski definition) is 5. The van der Waals surface area contributed by atoms with E-state index in [4.69, 9.17) is 4.74 Å². The molecule has 120 valence electrons. The summed E-state index contributed by atoms with van der Waals surface area (Å²) < 4.78 is 7.08. The summed E-state index contributed by atoms with van der Waals surface area (Å²) in [6, 6.07) is 2.09. The van der Waals surface area contributed by atoms with Crippen LogP contribution >= 0.6 is 0 Å². The first-order valence-corrected chi connectivity index (χ1v) is 8.09. The number of aromatic nitrogens is 4. The van der Waals surface area contributed by atoms with Gasteiger partial charge in [0.2, 0.25) is 0 Å². The number of nitrogens with zero attached hydrogens (tertiary/aromatic N) is 5. The minimum Gasteiger partial charge on any atom is -0.378 e. The van der Waals surface area contributed by atoms with Crippen LogP contribution in [-0.4, -0.2) is 39.8 Å². The molecule has 1 fully saturated rings. The standard InChI is InChI=1S/C16H25N5O/c1-4-6-16(2)7-5-8-20(11-16)14-9-13(10-22-3)19-15-17-12-18-21(14)15/h9,12H,4-8,10-11H2,1-3H3. The van der Waals surface area contributed by atoms with Crippen LogP contribution in [0.3, 0.4) is 0 Å². The van der Waals surface area contributed by atoms with Crippen molar-refractivity contribution in [2.75, 3.05) is 25.1 Å². The maximum Gasteiger partial charge on any atom is 0.254 e. The zero-order valence-corrected chi connectivity index (χ0v) is 13.7. The summed E-state index contributed by atoms with van der Waals surface area (Å²) in [5.41, 5.74) is 1.28. The van der Waals surface area contributed by atoms with Crippen molar-refractivity contribution in [1.29, 1.82) is 0 Å². The predicted molar refractivity (Wildman–Crippen MR) is 86.0 cm³/mol. The van der Waals surface area contributed by atoms with Gasteiger partial charge in [0.1, 0.15) is 12.1 Å². The molecule has 1 saturated heterocycles. The molecular formula is C16H25N5O. The highest BCUT2D eigenvalue weighted by molar-refractivity contribution is 5.48. The summed E-state index contributed by atoms with van der Waals surface area (Å²) in [4.78, 5) is 11.2. The summed E-state index contributed by atoms with van der Waals surface area (Å²) >= 11 is 0. The van der Waals surface area contributed by atoms with Crippen molar-refractivity contribution in [2.24, 2.45) is 5.41 Å². The van der Waals surface area contributed by atoms with Gasteiger partial charge in [-0.1, -0.05) is 20.3 Å². The quantitative estimate of drug-likeness (QED) is 0.850. The average molecular weight is 303 g/mol. The first-order chi connectivity index (χ1) is 10.6. The fourth-order valence-corrected chi connectivity index (χ4v) is 3.61. The van der Waals surface area contributed by atoms with Gasteiger partial charge in [-0.15, -0.1) is 0 Å². The molecule has 6 nitrogen and oxygen atoms in total. The maximum absolute atomic E-state index is 5.24. The third-order valence-electron chi connectivity index (χ3n) is 4.54. The van der Waals surface area contributed by atoms with Crippen molar-refractivity contribution in [3.8, 4) is 0 Å². The molecule has 0 saturated carbocycles. The summed E-state index contributed by atoms with van der Waals surface area (Å²) in [5.74, 6) is 1.73. The molecule has 3 heterocycles. The Morgan fingerprint density at radius 1 is 1.41 bits per heavy atom. The highest BCUT2D eigenvalue weighted by Gasteiger charge is 2.31. The maximum atomic E-state index is 5.24. The lowest BCUT2D eigenvalue weighted by atomic mass is 9.78. The van der Waals surface area contributed by atoms with Gasteiger partial charge in [0, 0.05) is 26.3 Å². The van der Waals surface area contributed by atoms with Gasteiger partial charge in [0.25, 0.3) is 5.78 Å². The van der Waals surface area contributed by atoms with E-state index in [1.54, 1.807) is 13.4 Å². The van der Waals surface area contributed by atoms with Crippen molar-refractivity contribution >= 4 is 11.6 Å². The van der Waals surface area contributed by atoms with Gasteiger partial charge in [-0.05, 0) is 24.7 Å². The molecule has 6 heteroatoms. The molecule has 0 bridgehead atoms. The zero-order valence-electron chi connectivity index (χ0n) is 13.7. The molecule has 0 amide bonds. The topological polar surface area (TPSA) is 55.5 Å². The minimum absolute atomic E-state index is 0.380. The lowest BCUT2D eigenvalue weighted by Crippen LogP contribution is -2.42. The largest absolute Gasteiger partial charge is 0.378 e. The average Bonchev–Trinajstić information content (AvgIpc) is 2.95. The van der Waals surface area contributed by atoms with Crippen LogP contribution in [0.4, 0.5) is 5.82 Å². The number of ether oxygens (including phenoxy) is 1. The van der Waals surface area contributed by atoms with Crippen LogP contribution < -0.4 is 4.90 Å². The van der Waals surface area contributed by atoms with Crippen LogP contribution in [0.15, 0.2) is 12.4 Å². The molecule has 1 aliphatic rings. The number of piperidine rings is 1. The van der Waals surface area contributed by atoms with Crippen molar-refractivity contribution in [1.82, 2.24) is 19.6 Å². The first-order valence-electron chi connectivity index (χ1n) is 8.09. The Hall–Kier alpha value is -1.69. The molecule has 0 N–H and O–H groups in total. The van der Waals surface area contributed by atoms with Gasteiger partial charge < -0.3 is 9.64 Å². The second kappa shape index (κ2) is 6.20. The SMILES string of the molecule is CCCC1(C)CCCN(c2cc(COC)nc3ncnn23)C1. The molecule has 1 aliphatic heterocycles. The highest BCUT2D eigenvalue weighted by Crippen LogP contribution is 2.36. The third-order valence-corrected chi connectivity index (χ3v) is 4.54. The Morgan fingerprint density at radius 2 is 2.27 bits per heavy atom. The fourth-order valence-electron chi connectivity index (χ4n) is 3.61. The summed E-state index contributed by atoms with van der Waals surface area (Å²) in [7, 11) is 1.69. The monoisotopic (exact) mass is 303 g/mol. The zero-order chi connectivity index (χ0) is 15.6. The van der Waals surface area contributed by atoms with Gasteiger partial charge in [-0.25, -0.2) is 4.98 Å². The number of fused-ring (bicyclic) bond motifs is 1.